The van der Waals surface area contributed by atoms with Crippen molar-refractivity contribution >= 4 is 36.3 Å². The Kier molecular flexibility index (Phi) is 10.8. The molecule has 0 aliphatic heterocycles. The number of hydrogen-bond acceptors (Lipinski definition) is 9. The number of carboxylic acids is 1. The van der Waals surface area contributed by atoms with E-state index in [-0.39, 0.29) is 17.9 Å². The van der Waals surface area contributed by atoms with Crippen molar-refractivity contribution < 1.29 is 39.6 Å². The molecule has 13 heteroatoms. The van der Waals surface area contributed by atoms with Gasteiger partial charge in [-0.3, -0.25) is 14.4 Å². The van der Waals surface area contributed by atoms with Crippen LogP contribution in [0.5, 0.6) is 5.75 Å². The number of thiol groups is 1. The highest BCUT2D eigenvalue weighted by molar-refractivity contribution is 7.80. The normalized spacial score (nSPS) is 14.6. The summed E-state index contributed by atoms with van der Waals surface area (Å²) < 4.78 is 0. The summed E-state index contributed by atoms with van der Waals surface area (Å²) in [4.78, 5) is 48.0. The van der Waals surface area contributed by atoms with Gasteiger partial charge in [-0.1, -0.05) is 12.1 Å². The van der Waals surface area contributed by atoms with E-state index in [0.29, 0.717) is 5.56 Å². The Bertz CT molecular complexity index is 776. The molecule has 0 aliphatic carbocycles. The smallest absolute Gasteiger partial charge is 0.326 e. The molecule has 4 atom stereocenters. The SMILES string of the molecule is NC(CO)C(=O)NC(CO)C(=O)NC(CS)C(=O)NC(Cc1ccc(O)cc1)C(=O)O. The number of nitrogens with one attached hydrogen (secondary N) is 3. The summed E-state index contributed by atoms with van der Waals surface area (Å²) in [5.41, 5.74) is 5.87. The highest BCUT2D eigenvalue weighted by atomic mass is 32.1. The maximum atomic E-state index is 12.5. The zero-order valence-electron chi connectivity index (χ0n) is 16.4. The molecule has 4 unspecified atom stereocenters. The third-order valence-electron chi connectivity index (χ3n) is 4.16. The van der Waals surface area contributed by atoms with Gasteiger partial charge in [-0.25, -0.2) is 4.79 Å². The maximum Gasteiger partial charge on any atom is 0.326 e. The van der Waals surface area contributed by atoms with E-state index >= 15 is 0 Å². The van der Waals surface area contributed by atoms with Gasteiger partial charge in [-0.2, -0.15) is 12.6 Å². The Labute approximate surface area is 183 Å². The Hall–Kier alpha value is -2.87. The molecule has 0 aromatic heterocycles. The molecule has 31 heavy (non-hydrogen) atoms. The van der Waals surface area contributed by atoms with Crippen LogP contribution in [0.3, 0.4) is 0 Å². The average molecular weight is 458 g/mol. The summed E-state index contributed by atoms with van der Waals surface area (Å²) in [6.07, 6.45) is -0.0804. The first-order valence-electron chi connectivity index (χ1n) is 9.12. The molecule has 0 spiro atoms. The topological polar surface area (TPSA) is 211 Å². The summed E-state index contributed by atoms with van der Waals surface area (Å²) in [6.45, 7) is -1.49. The molecule has 1 rings (SSSR count). The quantitative estimate of drug-likeness (QED) is 0.143. The molecule has 3 amide bonds. The van der Waals surface area contributed by atoms with Crippen molar-refractivity contribution in [1.82, 2.24) is 16.0 Å². The van der Waals surface area contributed by atoms with Crippen LogP contribution in [0.4, 0.5) is 0 Å². The third-order valence-corrected chi connectivity index (χ3v) is 4.52. The minimum absolute atomic E-state index is 0.00276. The number of carboxylic acid groups (broad SMARTS) is 1. The second-order valence-electron chi connectivity index (χ2n) is 6.55. The van der Waals surface area contributed by atoms with Crippen molar-refractivity contribution in [1.29, 1.82) is 0 Å². The van der Waals surface area contributed by atoms with E-state index in [1.54, 1.807) is 0 Å². The second-order valence-corrected chi connectivity index (χ2v) is 6.91. The summed E-state index contributed by atoms with van der Waals surface area (Å²) in [5.74, 6) is -4.17. The zero-order chi connectivity index (χ0) is 23.6. The van der Waals surface area contributed by atoms with E-state index in [1.807, 2.05) is 0 Å². The number of nitrogens with two attached hydrogens (primary N) is 1. The average Bonchev–Trinajstić information content (AvgIpc) is 2.75. The predicted molar refractivity (Wildman–Crippen MR) is 111 cm³/mol. The molecular weight excluding hydrogens is 432 g/mol. The van der Waals surface area contributed by atoms with Crippen molar-refractivity contribution in [3.05, 3.63) is 29.8 Å². The highest BCUT2D eigenvalue weighted by Gasteiger charge is 2.29. The number of aliphatic carboxylic acids is 1. The van der Waals surface area contributed by atoms with Gasteiger partial charge >= 0.3 is 5.97 Å². The lowest BCUT2D eigenvalue weighted by molar-refractivity contribution is -0.142. The van der Waals surface area contributed by atoms with Crippen LogP contribution in [-0.4, -0.2) is 87.3 Å². The standard InChI is InChI=1S/C18H26N4O8S/c19-11(6-23)15(26)21-13(7-24)16(27)22-14(8-31)17(28)20-12(18(29)30)5-9-1-3-10(25)4-2-9/h1-4,11-14,23-25,31H,5-8,19H2,(H,20,28)(H,21,26)(H,22,27)(H,29,30). The molecule has 172 valence electrons. The fourth-order valence-corrected chi connectivity index (χ4v) is 2.62. The predicted octanol–water partition coefficient (Wildman–Crippen LogP) is -3.28. The Morgan fingerprint density at radius 3 is 1.87 bits per heavy atom. The van der Waals surface area contributed by atoms with Crippen molar-refractivity contribution in [3.63, 3.8) is 0 Å². The lowest BCUT2D eigenvalue weighted by Gasteiger charge is -2.23. The Balaban J connectivity index is 2.78. The second kappa shape index (κ2) is 12.7. The van der Waals surface area contributed by atoms with Crippen LogP contribution in [-0.2, 0) is 25.6 Å². The molecule has 0 fully saturated rings. The molecule has 0 radical (unpaired) electrons. The van der Waals surface area contributed by atoms with Gasteiger partial charge in [0.2, 0.25) is 17.7 Å². The Morgan fingerprint density at radius 2 is 1.39 bits per heavy atom. The number of aromatic hydroxyl groups is 1. The van der Waals surface area contributed by atoms with E-state index in [1.165, 1.54) is 24.3 Å². The molecular formula is C18H26N4O8S. The van der Waals surface area contributed by atoms with Crippen LogP contribution in [0.1, 0.15) is 5.56 Å². The molecule has 0 bridgehead atoms. The van der Waals surface area contributed by atoms with Crippen LogP contribution < -0.4 is 21.7 Å². The number of phenolic OH excluding ortho intramolecular Hbond substituents is 1. The first kappa shape index (κ1) is 26.2. The summed E-state index contributed by atoms with van der Waals surface area (Å²) >= 11 is 3.98. The van der Waals surface area contributed by atoms with Gasteiger partial charge in [0.05, 0.1) is 13.2 Å². The van der Waals surface area contributed by atoms with Crippen LogP contribution >= 0.6 is 12.6 Å². The van der Waals surface area contributed by atoms with Crippen LogP contribution in [0.25, 0.3) is 0 Å². The highest BCUT2D eigenvalue weighted by Crippen LogP contribution is 2.11. The molecule has 0 saturated heterocycles. The lowest BCUT2D eigenvalue weighted by atomic mass is 10.1. The van der Waals surface area contributed by atoms with Crippen molar-refractivity contribution in [2.75, 3.05) is 19.0 Å². The minimum Gasteiger partial charge on any atom is -0.508 e. The van der Waals surface area contributed by atoms with Crippen LogP contribution in [0.2, 0.25) is 0 Å². The van der Waals surface area contributed by atoms with E-state index in [4.69, 9.17) is 10.8 Å². The lowest BCUT2D eigenvalue weighted by Crippen LogP contribution is -2.59. The minimum atomic E-state index is -1.45. The number of benzene rings is 1. The number of aliphatic hydroxyl groups is 2. The molecule has 1 aromatic rings. The largest absolute Gasteiger partial charge is 0.508 e. The summed E-state index contributed by atoms with van der Waals surface area (Å²) in [6, 6.07) is 0.399. The number of aliphatic hydroxyl groups excluding tert-OH is 2. The Morgan fingerprint density at radius 1 is 0.871 bits per heavy atom. The van der Waals surface area contributed by atoms with Crippen molar-refractivity contribution in [2.45, 2.75) is 30.6 Å². The number of hydrogen-bond donors (Lipinski definition) is 9. The van der Waals surface area contributed by atoms with Crippen LogP contribution in [0, 0.1) is 0 Å². The van der Waals surface area contributed by atoms with E-state index in [2.05, 4.69) is 28.6 Å². The summed E-state index contributed by atoms with van der Waals surface area (Å²) in [7, 11) is 0. The van der Waals surface area contributed by atoms with Crippen molar-refractivity contribution in [3.8, 4) is 5.75 Å². The van der Waals surface area contributed by atoms with Gasteiger partial charge < -0.3 is 42.1 Å². The third kappa shape index (κ3) is 8.41. The van der Waals surface area contributed by atoms with E-state index < -0.39 is 61.1 Å². The molecule has 0 heterocycles. The van der Waals surface area contributed by atoms with Gasteiger partial charge in [-0.05, 0) is 17.7 Å². The number of rotatable bonds is 12. The first-order valence-corrected chi connectivity index (χ1v) is 9.76. The fourth-order valence-electron chi connectivity index (χ4n) is 2.36. The van der Waals surface area contributed by atoms with E-state index in [9.17, 15) is 34.5 Å². The molecule has 0 saturated carbocycles. The van der Waals surface area contributed by atoms with Crippen LogP contribution in [0.15, 0.2) is 24.3 Å². The number of carbonyl (C=O) groups excluding carboxylic acids is 3. The van der Waals surface area contributed by atoms with Gasteiger partial charge in [0.1, 0.15) is 29.9 Å². The monoisotopic (exact) mass is 458 g/mol. The molecule has 0 aliphatic rings. The number of phenols is 1. The van der Waals surface area contributed by atoms with E-state index in [0.717, 1.165) is 0 Å². The molecule has 12 nitrogen and oxygen atoms in total. The van der Waals surface area contributed by atoms with Gasteiger partial charge in [-0.15, -0.1) is 0 Å². The zero-order valence-corrected chi connectivity index (χ0v) is 17.3. The number of amides is 3. The summed E-state index contributed by atoms with van der Waals surface area (Å²) in [5, 5.41) is 43.6. The molecule has 9 N–H and O–H groups in total. The molecule has 1 aromatic carbocycles. The fraction of sp³-hybridized carbons (Fsp3) is 0.444. The first-order chi connectivity index (χ1) is 14.6. The van der Waals surface area contributed by atoms with Gasteiger partial charge in [0.15, 0.2) is 0 Å². The maximum absolute atomic E-state index is 12.5. The van der Waals surface area contributed by atoms with Gasteiger partial charge in [0, 0.05) is 12.2 Å². The van der Waals surface area contributed by atoms with Crippen molar-refractivity contribution in [2.24, 2.45) is 5.73 Å². The number of carbonyl (C=O) groups is 4. The van der Waals surface area contributed by atoms with Gasteiger partial charge in [0.25, 0.3) is 0 Å².